The maximum absolute atomic E-state index is 10.4. The summed E-state index contributed by atoms with van der Waals surface area (Å²) in [5.74, 6) is -0.696. The fourth-order valence-electron chi connectivity index (χ4n) is 2.21. The monoisotopic (exact) mass is 217 g/mol. The highest BCUT2D eigenvalue weighted by Crippen LogP contribution is 2.35. The predicted octanol–water partition coefficient (Wildman–Crippen LogP) is 0.304. The van der Waals surface area contributed by atoms with Crippen LogP contribution in [0, 0.1) is 0 Å². The van der Waals surface area contributed by atoms with Crippen molar-refractivity contribution >= 4 is 6.16 Å². The van der Waals surface area contributed by atoms with Crippen molar-refractivity contribution in [2.75, 3.05) is 13.2 Å². The first-order valence-corrected chi connectivity index (χ1v) is 5.05. The lowest BCUT2D eigenvalue weighted by atomic mass is 9.87. The Hall–Kier alpha value is -0.850. The molecule has 1 aliphatic carbocycles. The number of carboxylic acid groups (broad SMARTS) is 1. The third-order valence-electron chi connectivity index (χ3n) is 2.94. The molecule has 1 heterocycles. The molecule has 3 N–H and O–H groups in total. The van der Waals surface area contributed by atoms with E-state index in [1.165, 1.54) is 0 Å². The Labute approximate surface area is 87.3 Å². The van der Waals surface area contributed by atoms with Crippen molar-refractivity contribution in [1.82, 2.24) is 0 Å². The summed E-state index contributed by atoms with van der Waals surface area (Å²) >= 11 is 0. The van der Waals surface area contributed by atoms with Gasteiger partial charge in [-0.15, -0.1) is 0 Å². The molecule has 0 aromatic carbocycles. The van der Waals surface area contributed by atoms with E-state index in [9.17, 15) is 4.79 Å². The lowest BCUT2D eigenvalue weighted by Crippen LogP contribution is -2.54. The summed E-state index contributed by atoms with van der Waals surface area (Å²) in [4.78, 5) is 10.4. The summed E-state index contributed by atoms with van der Waals surface area (Å²) in [6, 6.07) is -0.321. The van der Waals surface area contributed by atoms with Gasteiger partial charge in [0.15, 0.2) is 5.79 Å². The topological polar surface area (TPSA) is 91.0 Å². The molecule has 6 nitrogen and oxygen atoms in total. The van der Waals surface area contributed by atoms with Gasteiger partial charge in [0.2, 0.25) is 0 Å². The van der Waals surface area contributed by atoms with E-state index in [0.717, 1.165) is 0 Å². The molecular formula is C9H15NO5. The van der Waals surface area contributed by atoms with Crippen LogP contribution in [0.2, 0.25) is 0 Å². The van der Waals surface area contributed by atoms with Gasteiger partial charge in [0, 0.05) is 12.8 Å². The Morgan fingerprint density at radius 3 is 2.67 bits per heavy atom. The van der Waals surface area contributed by atoms with Crippen molar-refractivity contribution in [3.8, 4) is 0 Å². The third kappa shape index (κ3) is 2.06. The zero-order chi connectivity index (χ0) is 10.9. The molecule has 0 radical (unpaired) electrons. The molecule has 2 aliphatic rings. The molecule has 0 aromatic heterocycles. The van der Waals surface area contributed by atoms with Gasteiger partial charge in [-0.05, 0) is 6.42 Å². The van der Waals surface area contributed by atoms with Gasteiger partial charge in [-0.25, -0.2) is 4.79 Å². The molecule has 1 aliphatic heterocycles. The van der Waals surface area contributed by atoms with E-state index in [2.05, 4.69) is 4.74 Å². The fraction of sp³-hybridized carbons (Fsp3) is 0.889. The maximum Gasteiger partial charge on any atom is 0.506 e. The fourth-order valence-corrected chi connectivity index (χ4v) is 2.21. The van der Waals surface area contributed by atoms with Gasteiger partial charge in [-0.3, -0.25) is 0 Å². The lowest BCUT2D eigenvalue weighted by Gasteiger charge is -2.39. The molecule has 86 valence electrons. The Morgan fingerprint density at radius 2 is 2.13 bits per heavy atom. The van der Waals surface area contributed by atoms with Crippen LogP contribution in [-0.4, -0.2) is 42.4 Å². The molecular weight excluding hydrogens is 202 g/mol. The van der Waals surface area contributed by atoms with Crippen molar-refractivity contribution in [2.24, 2.45) is 5.73 Å². The molecule has 2 fully saturated rings. The van der Waals surface area contributed by atoms with E-state index in [-0.39, 0.29) is 12.1 Å². The average molecular weight is 217 g/mol. The number of nitrogens with two attached hydrogens (primary N) is 1. The van der Waals surface area contributed by atoms with Crippen molar-refractivity contribution in [3.05, 3.63) is 0 Å². The summed E-state index contributed by atoms with van der Waals surface area (Å²) in [6.07, 6.45) is 0.0469. The van der Waals surface area contributed by atoms with Gasteiger partial charge < -0.3 is 25.1 Å². The molecule has 2 atom stereocenters. The zero-order valence-electron chi connectivity index (χ0n) is 8.35. The van der Waals surface area contributed by atoms with Gasteiger partial charge >= 0.3 is 6.16 Å². The summed E-state index contributed by atoms with van der Waals surface area (Å²) in [5, 5.41) is 8.48. The molecule has 1 spiro atoms. The van der Waals surface area contributed by atoms with Gasteiger partial charge in [-0.1, -0.05) is 0 Å². The maximum atomic E-state index is 10.4. The third-order valence-corrected chi connectivity index (χ3v) is 2.94. The minimum Gasteiger partial charge on any atom is -0.450 e. The smallest absolute Gasteiger partial charge is 0.450 e. The molecule has 6 heteroatoms. The van der Waals surface area contributed by atoms with Crippen LogP contribution in [0.5, 0.6) is 0 Å². The van der Waals surface area contributed by atoms with Crippen LogP contribution < -0.4 is 5.73 Å². The Bertz CT molecular complexity index is 251. The van der Waals surface area contributed by atoms with Gasteiger partial charge in [-0.2, -0.15) is 0 Å². The largest absolute Gasteiger partial charge is 0.506 e. The number of rotatable bonds is 1. The van der Waals surface area contributed by atoms with E-state index in [0.29, 0.717) is 32.5 Å². The quantitative estimate of drug-likeness (QED) is 0.614. The number of hydrogen-bond acceptors (Lipinski definition) is 5. The summed E-state index contributed by atoms with van der Waals surface area (Å²) < 4.78 is 15.7. The Kier molecular flexibility index (Phi) is 2.81. The second kappa shape index (κ2) is 3.96. The Morgan fingerprint density at radius 1 is 1.47 bits per heavy atom. The van der Waals surface area contributed by atoms with E-state index < -0.39 is 11.9 Å². The van der Waals surface area contributed by atoms with E-state index in [4.69, 9.17) is 20.3 Å². The standard InChI is InChI=1S/C9H15NO5/c10-7-5-6(15-8(11)12)1-2-9(7)13-3-4-14-9/h6-7H,1-5,10H2,(H,11,12)/t6-,7?/m0/s1. The molecule has 1 saturated heterocycles. The summed E-state index contributed by atoms with van der Waals surface area (Å²) in [6.45, 7) is 1.11. The van der Waals surface area contributed by atoms with Gasteiger partial charge in [0.05, 0.1) is 19.3 Å². The van der Waals surface area contributed by atoms with Crippen LogP contribution in [0.15, 0.2) is 0 Å². The lowest BCUT2D eigenvalue weighted by molar-refractivity contribution is -0.200. The predicted molar refractivity (Wildman–Crippen MR) is 49.4 cm³/mol. The van der Waals surface area contributed by atoms with E-state index in [1.54, 1.807) is 0 Å². The Balaban J connectivity index is 1.93. The number of hydrogen-bond donors (Lipinski definition) is 2. The number of carbonyl (C=O) groups is 1. The van der Waals surface area contributed by atoms with Crippen LogP contribution in [0.25, 0.3) is 0 Å². The van der Waals surface area contributed by atoms with E-state index >= 15 is 0 Å². The highest BCUT2D eigenvalue weighted by Gasteiger charge is 2.47. The summed E-state index contributed by atoms with van der Waals surface area (Å²) in [5.41, 5.74) is 5.92. The molecule has 0 aromatic rings. The van der Waals surface area contributed by atoms with E-state index in [1.807, 2.05) is 0 Å². The van der Waals surface area contributed by atoms with Gasteiger partial charge in [0.25, 0.3) is 0 Å². The van der Waals surface area contributed by atoms with Crippen molar-refractivity contribution < 1.29 is 24.1 Å². The SMILES string of the molecule is NC1C[C@@H](OC(=O)O)CCC12OCCO2. The van der Waals surface area contributed by atoms with Crippen molar-refractivity contribution in [2.45, 2.75) is 37.2 Å². The molecule has 1 unspecified atom stereocenters. The summed E-state index contributed by atoms with van der Waals surface area (Å²) in [7, 11) is 0. The first-order chi connectivity index (χ1) is 7.12. The van der Waals surface area contributed by atoms with Crippen LogP contribution in [0.1, 0.15) is 19.3 Å². The second-order valence-corrected chi connectivity index (χ2v) is 3.90. The molecule has 1 saturated carbocycles. The minimum atomic E-state index is -1.25. The van der Waals surface area contributed by atoms with Gasteiger partial charge in [0.1, 0.15) is 6.10 Å². The van der Waals surface area contributed by atoms with Crippen LogP contribution in [0.3, 0.4) is 0 Å². The first-order valence-electron chi connectivity index (χ1n) is 5.05. The van der Waals surface area contributed by atoms with Crippen molar-refractivity contribution in [1.29, 1.82) is 0 Å². The highest BCUT2D eigenvalue weighted by atomic mass is 16.7. The highest BCUT2D eigenvalue weighted by molar-refractivity contribution is 5.57. The molecule has 0 bridgehead atoms. The molecule has 0 amide bonds. The van der Waals surface area contributed by atoms with Crippen LogP contribution in [0.4, 0.5) is 4.79 Å². The molecule has 2 rings (SSSR count). The minimum absolute atomic E-state index is 0.321. The normalized spacial score (nSPS) is 34.2. The molecule has 15 heavy (non-hydrogen) atoms. The van der Waals surface area contributed by atoms with Crippen LogP contribution in [-0.2, 0) is 14.2 Å². The van der Waals surface area contributed by atoms with Crippen LogP contribution >= 0.6 is 0 Å². The second-order valence-electron chi connectivity index (χ2n) is 3.90. The average Bonchev–Trinajstić information content (AvgIpc) is 2.61. The zero-order valence-corrected chi connectivity index (χ0v) is 8.35. The van der Waals surface area contributed by atoms with Crippen molar-refractivity contribution in [3.63, 3.8) is 0 Å². The number of ether oxygens (including phenoxy) is 3. The first kappa shape index (κ1) is 10.7.